The van der Waals surface area contributed by atoms with Crippen molar-refractivity contribution in [2.24, 2.45) is 0 Å². The van der Waals surface area contributed by atoms with Crippen molar-refractivity contribution >= 4 is 17.8 Å². The Balaban J connectivity index is 1.44. The highest BCUT2D eigenvalue weighted by atomic mass is 19.1. The van der Waals surface area contributed by atoms with Gasteiger partial charge >= 0.3 is 5.97 Å². The number of halogens is 1. The molecule has 2 aliphatic heterocycles. The second-order valence-corrected chi connectivity index (χ2v) is 9.38. The van der Waals surface area contributed by atoms with Crippen molar-refractivity contribution in [3.8, 4) is 0 Å². The van der Waals surface area contributed by atoms with Crippen LogP contribution in [0.3, 0.4) is 0 Å². The van der Waals surface area contributed by atoms with Gasteiger partial charge < -0.3 is 18.9 Å². The Labute approximate surface area is 225 Å². The SMILES string of the molecule is CC(=O)O[C@H]1[C@H](OCc2ccccc2)[C@@H](N2C(=O)c3ccccc3C2=O)[C@H](F)O[C@@H]1COCc1ccccc1. The number of benzene rings is 3. The predicted octanol–water partition coefficient (Wildman–Crippen LogP) is 4.08. The van der Waals surface area contributed by atoms with Gasteiger partial charge in [-0.05, 0) is 23.3 Å². The average molecular weight is 534 g/mol. The summed E-state index contributed by atoms with van der Waals surface area (Å²) in [5.41, 5.74) is 2.00. The minimum Gasteiger partial charge on any atom is -0.457 e. The van der Waals surface area contributed by atoms with Gasteiger partial charge in [0.2, 0.25) is 6.36 Å². The molecular formula is C30H28FNO7. The van der Waals surface area contributed by atoms with Gasteiger partial charge in [-0.1, -0.05) is 72.8 Å². The van der Waals surface area contributed by atoms with Gasteiger partial charge in [-0.25, -0.2) is 4.39 Å². The number of fused-ring (bicyclic) bond motifs is 1. The molecule has 0 saturated carbocycles. The van der Waals surface area contributed by atoms with E-state index >= 15 is 4.39 Å². The maximum Gasteiger partial charge on any atom is 0.303 e. The van der Waals surface area contributed by atoms with Crippen molar-refractivity contribution in [3.05, 3.63) is 107 Å². The smallest absolute Gasteiger partial charge is 0.303 e. The van der Waals surface area contributed by atoms with Gasteiger partial charge in [-0.3, -0.25) is 19.3 Å². The van der Waals surface area contributed by atoms with Crippen molar-refractivity contribution in [3.63, 3.8) is 0 Å². The molecule has 2 amide bonds. The van der Waals surface area contributed by atoms with Crippen molar-refractivity contribution in [1.82, 2.24) is 4.90 Å². The van der Waals surface area contributed by atoms with E-state index in [1.165, 1.54) is 19.1 Å². The molecular weight excluding hydrogens is 505 g/mol. The fourth-order valence-corrected chi connectivity index (χ4v) is 4.92. The number of hydrogen-bond acceptors (Lipinski definition) is 7. The summed E-state index contributed by atoms with van der Waals surface area (Å²) in [6, 6.07) is 23.3. The molecule has 0 spiro atoms. The molecule has 202 valence electrons. The van der Waals surface area contributed by atoms with Crippen molar-refractivity contribution in [2.75, 3.05) is 6.61 Å². The van der Waals surface area contributed by atoms with Crippen molar-refractivity contribution in [2.45, 2.75) is 50.8 Å². The number of nitrogens with zero attached hydrogens (tertiary/aromatic N) is 1. The molecule has 2 heterocycles. The summed E-state index contributed by atoms with van der Waals surface area (Å²) in [5, 5.41) is 0. The number of rotatable bonds is 9. The molecule has 1 saturated heterocycles. The van der Waals surface area contributed by atoms with Crippen LogP contribution in [0.15, 0.2) is 84.9 Å². The molecule has 39 heavy (non-hydrogen) atoms. The third-order valence-corrected chi connectivity index (χ3v) is 6.70. The lowest BCUT2D eigenvalue weighted by Gasteiger charge is -2.45. The van der Waals surface area contributed by atoms with E-state index in [1.54, 1.807) is 12.1 Å². The topological polar surface area (TPSA) is 91.4 Å². The number of amides is 2. The zero-order valence-electron chi connectivity index (χ0n) is 21.3. The Morgan fingerprint density at radius 2 is 1.36 bits per heavy atom. The fraction of sp³-hybridized carbons (Fsp3) is 0.300. The molecule has 3 aromatic carbocycles. The number of alkyl halides is 1. The highest BCUT2D eigenvalue weighted by molar-refractivity contribution is 6.21. The van der Waals surface area contributed by atoms with Crippen LogP contribution in [0.2, 0.25) is 0 Å². The Hall–Kier alpha value is -3.92. The molecule has 0 N–H and O–H groups in total. The summed E-state index contributed by atoms with van der Waals surface area (Å²) in [6.45, 7) is 1.34. The number of imide groups is 1. The van der Waals surface area contributed by atoms with E-state index in [4.69, 9.17) is 18.9 Å². The third kappa shape index (κ3) is 5.75. The second-order valence-electron chi connectivity index (χ2n) is 9.38. The zero-order valence-corrected chi connectivity index (χ0v) is 21.3. The summed E-state index contributed by atoms with van der Waals surface area (Å²) >= 11 is 0. The number of ether oxygens (including phenoxy) is 4. The fourth-order valence-electron chi connectivity index (χ4n) is 4.92. The van der Waals surface area contributed by atoms with E-state index in [0.29, 0.717) is 0 Å². The molecule has 8 nitrogen and oxygen atoms in total. The summed E-state index contributed by atoms with van der Waals surface area (Å²) in [5.74, 6) is -1.98. The van der Waals surface area contributed by atoms with Gasteiger partial charge in [0, 0.05) is 6.92 Å². The van der Waals surface area contributed by atoms with Crippen LogP contribution in [0.4, 0.5) is 4.39 Å². The van der Waals surface area contributed by atoms with Gasteiger partial charge in [0.1, 0.15) is 18.2 Å². The first-order chi connectivity index (χ1) is 18.9. The van der Waals surface area contributed by atoms with Gasteiger partial charge in [0.05, 0.1) is 30.9 Å². The maximum atomic E-state index is 15.9. The van der Waals surface area contributed by atoms with E-state index in [1.807, 2.05) is 60.7 Å². The van der Waals surface area contributed by atoms with Crippen LogP contribution in [-0.2, 0) is 37.0 Å². The van der Waals surface area contributed by atoms with E-state index in [0.717, 1.165) is 16.0 Å². The molecule has 0 aromatic heterocycles. The van der Waals surface area contributed by atoms with Crippen LogP contribution in [0.5, 0.6) is 0 Å². The lowest BCUT2D eigenvalue weighted by atomic mass is 9.95. The highest BCUT2D eigenvalue weighted by Crippen LogP contribution is 2.35. The summed E-state index contributed by atoms with van der Waals surface area (Å²) < 4.78 is 39.1. The molecule has 2 aliphatic rings. The van der Waals surface area contributed by atoms with Crippen LogP contribution >= 0.6 is 0 Å². The number of carbonyl (C=O) groups excluding carboxylic acids is 3. The lowest BCUT2D eigenvalue weighted by Crippen LogP contribution is -2.65. The normalized spacial score (nSPS) is 24.5. The number of hydrogen-bond donors (Lipinski definition) is 0. The number of esters is 1. The first-order valence-electron chi connectivity index (χ1n) is 12.6. The van der Waals surface area contributed by atoms with Crippen LogP contribution < -0.4 is 0 Å². The summed E-state index contributed by atoms with van der Waals surface area (Å²) in [6.07, 6.45) is -5.57. The molecule has 5 rings (SSSR count). The Morgan fingerprint density at radius 3 is 1.92 bits per heavy atom. The molecule has 0 bridgehead atoms. The minimum atomic E-state index is -2.12. The molecule has 0 radical (unpaired) electrons. The van der Waals surface area contributed by atoms with E-state index < -0.39 is 48.5 Å². The lowest BCUT2D eigenvalue weighted by molar-refractivity contribution is -0.260. The van der Waals surface area contributed by atoms with E-state index in [-0.39, 0.29) is 30.9 Å². The second kappa shape index (κ2) is 11.9. The van der Waals surface area contributed by atoms with Gasteiger partial charge in [0.25, 0.3) is 11.8 Å². The first kappa shape index (κ1) is 26.7. The standard InChI is InChI=1S/C30H28FNO7/c1-19(33)38-26-24(18-36-16-20-10-4-2-5-11-20)39-28(31)25(27(26)37-17-21-12-6-3-7-13-21)32-29(34)22-14-8-9-15-23(22)30(32)35/h2-15,24-28H,16-18H2,1H3/t24-,25-,26-,27-,28-/m1/s1. The van der Waals surface area contributed by atoms with Crippen molar-refractivity contribution in [1.29, 1.82) is 0 Å². The van der Waals surface area contributed by atoms with Gasteiger partial charge in [-0.15, -0.1) is 0 Å². The van der Waals surface area contributed by atoms with E-state index in [9.17, 15) is 14.4 Å². The molecule has 1 fully saturated rings. The monoisotopic (exact) mass is 533 g/mol. The van der Waals surface area contributed by atoms with Crippen LogP contribution in [0.25, 0.3) is 0 Å². The van der Waals surface area contributed by atoms with Crippen LogP contribution in [0, 0.1) is 0 Å². The summed E-state index contributed by atoms with van der Waals surface area (Å²) in [4.78, 5) is 39.6. The largest absolute Gasteiger partial charge is 0.457 e. The Kier molecular flexibility index (Phi) is 8.11. The Morgan fingerprint density at radius 1 is 0.821 bits per heavy atom. The molecule has 5 atom stereocenters. The summed E-state index contributed by atoms with van der Waals surface area (Å²) in [7, 11) is 0. The third-order valence-electron chi connectivity index (χ3n) is 6.70. The first-order valence-corrected chi connectivity index (χ1v) is 12.6. The van der Waals surface area contributed by atoms with Gasteiger partial charge in [0.15, 0.2) is 6.10 Å². The Bertz CT molecular complexity index is 1280. The molecule has 3 aromatic rings. The zero-order chi connectivity index (χ0) is 27.4. The van der Waals surface area contributed by atoms with Crippen molar-refractivity contribution < 1.29 is 37.7 Å². The quantitative estimate of drug-likeness (QED) is 0.302. The highest BCUT2D eigenvalue weighted by Gasteiger charge is 2.56. The molecule has 9 heteroatoms. The predicted molar refractivity (Wildman–Crippen MR) is 137 cm³/mol. The molecule has 0 aliphatic carbocycles. The average Bonchev–Trinajstić information content (AvgIpc) is 3.19. The van der Waals surface area contributed by atoms with Crippen LogP contribution in [0.1, 0.15) is 38.8 Å². The van der Waals surface area contributed by atoms with E-state index in [2.05, 4.69) is 0 Å². The number of carbonyl (C=O) groups is 3. The van der Waals surface area contributed by atoms with Gasteiger partial charge in [-0.2, -0.15) is 0 Å². The maximum absolute atomic E-state index is 15.9. The molecule has 0 unspecified atom stereocenters. The minimum absolute atomic E-state index is 0.0211. The van der Waals surface area contributed by atoms with Crippen LogP contribution in [-0.4, -0.2) is 60.0 Å².